The summed E-state index contributed by atoms with van der Waals surface area (Å²) in [4.78, 5) is 13.6. The maximum Gasteiger partial charge on any atom is 0.254 e. The average molecular weight is 256 g/mol. The standard InChI is InChI=1S/C11H14BrNO/c1-4-13(3)11(14)10-8(2)6-5-7-9(10)12/h5-7H,4H2,1-3H3. The van der Waals surface area contributed by atoms with Gasteiger partial charge in [0.25, 0.3) is 5.91 Å². The number of aryl methyl sites for hydroxylation is 1. The van der Waals surface area contributed by atoms with Crippen LogP contribution in [-0.2, 0) is 0 Å². The molecule has 0 spiro atoms. The highest BCUT2D eigenvalue weighted by Gasteiger charge is 2.15. The van der Waals surface area contributed by atoms with Crippen molar-refractivity contribution in [2.45, 2.75) is 13.8 Å². The lowest BCUT2D eigenvalue weighted by Gasteiger charge is -2.16. The average Bonchev–Trinajstić information content (AvgIpc) is 2.16. The molecule has 0 heterocycles. The summed E-state index contributed by atoms with van der Waals surface area (Å²) >= 11 is 3.40. The fourth-order valence-corrected chi connectivity index (χ4v) is 1.87. The number of nitrogens with zero attached hydrogens (tertiary/aromatic N) is 1. The summed E-state index contributed by atoms with van der Waals surface area (Å²) in [7, 11) is 1.81. The molecule has 0 aliphatic heterocycles. The van der Waals surface area contributed by atoms with E-state index in [1.165, 1.54) is 0 Å². The summed E-state index contributed by atoms with van der Waals surface area (Å²) in [5.74, 6) is 0.0671. The van der Waals surface area contributed by atoms with Crippen molar-refractivity contribution in [3.05, 3.63) is 33.8 Å². The summed E-state index contributed by atoms with van der Waals surface area (Å²) in [6, 6.07) is 5.77. The third-order valence-electron chi connectivity index (χ3n) is 2.26. The molecular weight excluding hydrogens is 242 g/mol. The van der Waals surface area contributed by atoms with E-state index in [-0.39, 0.29) is 5.91 Å². The van der Waals surface area contributed by atoms with E-state index in [0.29, 0.717) is 0 Å². The SMILES string of the molecule is CCN(C)C(=O)c1c(C)cccc1Br. The van der Waals surface area contributed by atoms with Crippen LogP contribution in [0, 0.1) is 6.92 Å². The van der Waals surface area contributed by atoms with Gasteiger partial charge in [-0.25, -0.2) is 0 Å². The largest absolute Gasteiger partial charge is 0.342 e. The highest BCUT2D eigenvalue weighted by atomic mass is 79.9. The molecule has 0 aromatic heterocycles. The normalized spacial score (nSPS) is 10.0. The molecule has 0 radical (unpaired) electrons. The number of hydrogen-bond donors (Lipinski definition) is 0. The van der Waals surface area contributed by atoms with Gasteiger partial charge in [0.2, 0.25) is 0 Å². The lowest BCUT2D eigenvalue weighted by molar-refractivity contribution is 0.0801. The molecule has 76 valence electrons. The Balaban J connectivity index is 3.12. The predicted molar refractivity (Wildman–Crippen MR) is 61.5 cm³/mol. The first-order valence-corrected chi connectivity index (χ1v) is 5.37. The predicted octanol–water partition coefficient (Wildman–Crippen LogP) is 2.85. The number of benzene rings is 1. The van der Waals surface area contributed by atoms with Crippen molar-refractivity contribution in [3.8, 4) is 0 Å². The minimum Gasteiger partial charge on any atom is -0.342 e. The molecule has 0 fully saturated rings. The molecule has 1 aromatic rings. The number of halogens is 1. The summed E-state index contributed by atoms with van der Waals surface area (Å²) in [5.41, 5.74) is 1.77. The zero-order valence-electron chi connectivity index (χ0n) is 8.67. The number of amides is 1. The number of carbonyl (C=O) groups is 1. The molecule has 14 heavy (non-hydrogen) atoms. The Morgan fingerprint density at radius 3 is 2.64 bits per heavy atom. The van der Waals surface area contributed by atoms with Gasteiger partial charge in [0.05, 0.1) is 5.56 Å². The zero-order chi connectivity index (χ0) is 10.7. The molecule has 0 atom stereocenters. The first-order valence-electron chi connectivity index (χ1n) is 4.58. The smallest absolute Gasteiger partial charge is 0.254 e. The van der Waals surface area contributed by atoms with Crippen molar-refractivity contribution in [1.82, 2.24) is 4.90 Å². The van der Waals surface area contributed by atoms with Gasteiger partial charge in [-0.3, -0.25) is 4.79 Å². The van der Waals surface area contributed by atoms with Crippen LogP contribution in [0.15, 0.2) is 22.7 Å². The van der Waals surface area contributed by atoms with Gasteiger partial charge in [-0.1, -0.05) is 12.1 Å². The van der Waals surface area contributed by atoms with Gasteiger partial charge < -0.3 is 4.90 Å². The molecular formula is C11H14BrNO. The molecule has 0 saturated heterocycles. The molecule has 0 unspecified atom stereocenters. The molecule has 3 heteroatoms. The third kappa shape index (κ3) is 2.15. The van der Waals surface area contributed by atoms with Crippen LogP contribution in [0.2, 0.25) is 0 Å². The first-order chi connectivity index (χ1) is 6.57. The Kier molecular flexibility index (Phi) is 3.69. The van der Waals surface area contributed by atoms with Crippen LogP contribution in [0.3, 0.4) is 0 Å². The van der Waals surface area contributed by atoms with Gasteiger partial charge >= 0.3 is 0 Å². The van der Waals surface area contributed by atoms with Crippen molar-refractivity contribution in [3.63, 3.8) is 0 Å². The molecule has 0 aliphatic rings. The van der Waals surface area contributed by atoms with E-state index in [1.54, 1.807) is 11.9 Å². The van der Waals surface area contributed by atoms with Gasteiger partial charge in [-0.05, 0) is 41.4 Å². The van der Waals surface area contributed by atoms with Gasteiger partial charge in [-0.2, -0.15) is 0 Å². The van der Waals surface area contributed by atoms with Crippen molar-refractivity contribution in [2.75, 3.05) is 13.6 Å². The fourth-order valence-electron chi connectivity index (χ4n) is 1.24. The minimum absolute atomic E-state index is 0.0671. The summed E-state index contributed by atoms with van der Waals surface area (Å²) in [6.07, 6.45) is 0. The maximum atomic E-state index is 11.9. The van der Waals surface area contributed by atoms with Crippen LogP contribution in [-0.4, -0.2) is 24.4 Å². The van der Waals surface area contributed by atoms with Gasteiger partial charge in [0, 0.05) is 18.1 Å². The second kappa shape index (κ2) is 4.60. The Bertz CT molecular complexity index is 329. The second-order valence-corrected chi connectivity index (χ2v) is 4.11. The molecule has 0 bridgehead atoms. The number of rotatable bonds is 2. The molecule has 1 aromatic carbocycles. The van der Waals surface area contributed by atoms with E-state index in [4.69, 9.17) is 0 Å². The quantitative estimate of drug-likeness (QED) is 0.796. The fraction of sp³-hybridized carbons (Fsp3) is 0.364. The van der Waals surface area contributed by atoms with Crippen molar-refractivity contribution in [2.24, 2.45) is 0 Å². The van der Waals surface area contributed by atoms with E-state index in [0.717, 1.165) is 22.1 Å². The van der Waals surface area contributed by atoms with Crippen LogP contribution in [0.5, 0.6) is 0 Å². The Morgan fingerprint density at radius 2 is 2.14 bits per heavy atom. The van der Waals surface area contributed by atoms with E-state index in [2.05, 4.69) is 15.9 Å². The van der Waals surface area contributed by atoms with E-state index < -0.39 is 0 Å². The topological polar surface area (TPSA) is 20.3 Å². The minimum atomic E-state index is 0.0671. The van der Waals surface area contributed by atoms with Gasteiger partial charge in [0.15, 0.2) is 0 Å². The Labute approximate surface area is 93.0 Å². The van der Waals surface area contributed by atoms with Crippen LogP contribution < -0.4 is 0 Å². The molecule has 0 N–H and O–H groups in total. The monoisotopic (exact) mass is 255 g/mol. The molecule has 1 amide bonds. The number of hydrogen-bond acceptors (Lipinski definition) is 1. The van der Waals surface area contributed by atoms with Crippen LogP contribution in [0.25, 0.3) is 0 Å². The summed E-state index contributed by atoms with van der Waals surface area (Å²) < 4.78 is 0.864. The van der Waals surface area contributed by atoms with Crippen LogP contribution in [0.1, 0.15) is 22.8 Å². The van der Waals surface area contributed by atoms with E-state index >= 15 is 0 Å². The third-order valence-corrected chi connectivity index (χ3v) is 2.92. The molecule has 1 rings (SSSR count). The lowest BCUT2D eigenvalue weighted by atomic mass is 10.1. The lowest BCUT2D eigenvalue weighted by Crippen LogP contribution is -2.27. The van der Waals surface area contributed by atoms with Crippen molar-refractivity contribution < 1.29 is 4.79 Å². The maximum absolute atomic E-state index is 11.9. The van der Waals surface area contributed by atoms with E-state index in [9.17, 15) is 4.79 Å². The summed E-state index contributed by atoms with van der Waals surface area (Å²) in [5, 5.41) is 0. The highest BCUT2D eigenvalue weighted by molar-refractivity contribution is 9.10. The molecule has 0 aliphatic carbocycles. The summed E-state index contributed by atoms with van der Waals surface area (Å²) in [6.45, 7) is 4.63. The zero-order valence-corrected chi connectivity index (χ0v) is 10.3. The Morgan fingerprint density at radius 1 is 1.50 bits per heavy atom. The number of carbonyl (C=O) groups excluding carboxylic acids is 1. The van der Waals surface area contributed by atoms with Crippen molar-refractivity contribution >= 4 is 21.8 Å². The Hall–Kier alpha value is -0.830. The van der Waals surface area contributed by atoms with Gasteiger partial charge in [0.1, 0.15) is 0 Å². The van der Waals surface area contributed by atoms with Crippen molar-refractivity contribution in [1.29, 1.82) is 0 Å². The highest BCUT2D eigenvalue weighted by Crippen LogP contribution is 2.21. The second-order valence-electron chi connectivity index (χ2n) is 3.25. The molecule has 0 saturated carbocycles. The van der Waals surface area contributed by atoms with Crippen LogP contribution in [0.4, 0.5) is 0 Å². The van der Waals surface area contributed by atoms with Gasteiger partial charge in [-0.15, -0.1) is 0 Å². The first kappa shape index (κ1) is 11.2. The van der Waals surface area contributed by atoms with E-state index in [1.807, 2.05) is 32.0 Å². The molecule has 2 nitrogen and oxygen atoms in total. The van der Waals surface area contributed by atoms with Crippen LogP contribution >= 0.6 is 15.9 Å².